The van der Waals surface area contributed by atoms with Crippen LogP contribution in [0.15, 0.2) is 24.3 Å². The van der Waals surface area contributed by atoms with Gasteiger partial charge in [-0.1, -0.05) is 6.07 Å². The molecule has 0 radical (unpaired) electrons. The summed E-state index contributed by atoms with van der Waals surface area (Å²) in [6, 6.07) is 6.52. The number of amides is 1. The Morgan fingerprint density at radius 1 is 1.43 bits per heavy atom. The molecule has 1 aromatic carbocycles. The van der Waals surface area contributed by atoms with Gasteiger partial charge in [0.05, 0.1) is 11.7 Å². The van der Waals surface area contributed by atoms with Crippen molar-refractivity contribution in [3.8, 4) is 0 Å². The Morgan fingerprint density at radius 2 is 2.24 bits per heavy atom. The van der Waals surface area contributed by atoms with Crippen LogP contribution >= 0.6 is 0 Å². The van der Waals surface area contributed by atoms with Gasteiger partial charge in [-0.2, -0.15) is 5.10 Å². The molecule has 4 nitrogen and oxygen atoms in total. The van der Waals surface area contributed by atoms with Gasteiger partial charge >= 0.3 is 0 Å². The number of benzene rings is 1. The quantitative estimate of drug-likeness (QED) is 0.923. The van der Waals surface area contributed by atoms with Crippen LogP contribution in [0.25, 0.3) is 0 Å². The van der Waals surface area contributed by atoms with Crippen molar-refractivity contribution in [1.29, 1.82) is 0 Å². The molecule has 0 aliphatic heterocycles. The molecule has 1 aliphatic carbocycles. The van der Waals surface area contributed by atoms with Crippen LogP contribution in [0.1, 0.15) is 46.2 Å². The third kappa shape index (κ3) is 2.68. The molecule has 0 saturated heterocycles. The summed E-state index contributed by atoms with van der Waals surface area (Å²) >= 11 is 0. The third-order valence-electron chi connectivity index (χ3n) is 3.96. The number of aryl methyl sites for hydroxylation is 3. The highest BCUT2D eigenvalue weighted by atomic mass is 19.1. The van der Waals surface area contributed by atoms with E-state index in [9.17, 15) is 9.18 Å². The number of carbonyl (C=O) groups excluding carboxylic acids is 1. The summed E-state index contributed by atoms with van der Waals surface area (Å²) in [6.07, 6.45) is 2.69. The van der Waals surface area contributed by atoms with Crippen molar-refractivity contribution >= 4 is 5.91 Å². The lowest BCUT2D eigenvalue weighted by Gasteiger charge is -2.26. The van der Waals surface area contributed by atoms with E-state index in [4.69, 9.17) is 0 Å². The zero-order valence-corrected chi connectivity index (χ0v) is 12.2. The van der Waals surface area contributed by atoms with Gasteiger partial charge in [0.1, 0.15) is 11.5 Å². The van der Waals surface area contributed by atoms with Crippen LogP contribution in [-0.4, -0.2) is 15.7 Å². The van der Waals surface area contributed by atoms with Crippen LogP contribution in [0.4, 0.5) is 4.39 Å². The van der Waals surface area contributed by atoms with E-state index in [-0.39, 0.29) is 17.8 Å². The molecule has 1 amide bonds. The fourth-order valence-corrected chi connectivity index (χ4v) is 2.99. The Kier molecular flexibility index (Phi) is 3.49. The van der Waals surface area contributed by atoms with Crippen molar-refractivity contribution in [1.82, 2.24) is 15.1 Å². The molecule has 0 unspecified atom stereocenters. The second-order valence-corrected chi connectivity index (χ2v) is 5.56. The van der Waals surface area contributed by atoms with Crippen LogP contribution < -0.4 is 5.32 Å². The van der Waals surface area contributed by atoms with E-state index in [1.807, 2.05) is 6.92 Å². The summed E-state index contributed by atoms with van der Waals surface area (Å²) in [5.41, 5.74) is 3.37. The van der Waals surface area contributed by atoms with Crippen LogP contribution in [-0.2, 0) is 13.5 Å². The second kappa shape index (κ2) is 5.31. The van der Waals surface area contributed by atoms with E-state index < -0.39 is 0 Å². The standard InChI is InChI=1S/C16H18FN3O/c1-10-8-15(20(2)19-10)16(21)18-14-5-3-4-11-9-12(17)6-7-13(11)14/h6-9,14H,3-5H2,1-2H3,(H,18,21)/t14-/m1/s1. The topological polar surface area (TPSA) is 46.9 Å². The molecule has 5 heteroatoms. The lowest BCUT2D eigenvalue weighted by molar-refractivity contribution is 0.0923. The summed E-state index contributed by atoms with van der Waals surface area (Å²) in [4.78, 5) is 12.4. The molecule has 2 aromatic rings. The van der Waals surface area contributed by atoms with Crippen molar-refractivity contribution in [2.24, 2.45) is 7.05 Å². The fourth-order valence-electron chi connectivity index (χ4n) is 2.99. The average Bonchev–Trinajstić information content (AvgIpc) is 2.77. The van der Waals surface area contributed by atoms with Crippen LogP contribution in [0.5, 0.6) is 0 Å². The molecule has 0 fully saturated rings. The molecule has 0 spiro atoms. The number of aromatic nitrogens is 2. The molecule has 0 bridgehead atoms. The molecule has 21 heavy (non-hydrogen) atoms. The van der Waals surface area contributed by atoms with Crippen LogP contribution in [0.3, 0.4) is 0 Å². The van der Waals surface area contributed by atoms with Gasteiger partial charge in [0.2, 0.25) is 0 Å². The van der Waals surface area contributed by atoms with E-state index in [0.29, 0.717) is 5.69 Å². The van der Waals surface area contributed by atoms with Gasteiger partial charge in [-0.3, -0.25) is 9.48 Å². The molecule has 1 heterocycles. The predicted octanol–water partition coefficient (Wildman–Crippen LogP) is 2.68. The van der Waals surface area contributed by atoms with Crippen molar-refractivity contribution in [3.05, 3.63) is 52.6 Å². The number of nitrogens with one attached hydrogen (secondary N) is 1. The normalized spacial score (nSPS) is 17.4. The zero-order chi connectivity index (χ0) is 15.0. The van der Waals surface area contributed by atoms with Gasteiger partial charge in [0.15, 0.2) is 0 Å². The number of rotatable bonds is 2. The minimum Gasteiger partial charge on any atom is -0.344 e. The van der Waals surface area contributed by atoms with Crippen LogP contribution in [0.2, 0.25) is 0 Å². The molecule has 1 atom stereocenters. The Labute approximate surface area is 123 Å². The zero-order valence-electron chi connectivity index (χ0n) is 12.2. The highest BCUT2D eigenvalue weighted by molar-refractivity contribution is 5.93. The number of carbonyl (C=O) groups is 1. The number of hydrogen-bond donors (Lipinski definition) is 1. The molecule has 1 aromatic heterocycles. The van der Waals surface area contributed by atoms with Gasteiger partial charge < -0.3 is 5.32 Å². The van der Waals surface area contributed by atoms with E-state index in [0.717, 1.165) is 36.1 Å². The number of nitrogens with zero attached hydrogens (tertiary/aromatic N) is 2. The van der Waals surface area contributed by atoms with Crippen molar-refractivity contribution in [2.45, 2.75) is 32.2 Å². The molecule has 1 N–H and O–H groups in total. The third-order valence-corrected chi connectivity index (χ3v) is 3.96. The van der Waals surface area contributed by atoms with Gasteiger partial charge in [-0.25, -0.2) is 4.39 Å². The maximum Gasteiger partial charge on any atom is 0.270 e. The summed E-state index contributed by atoms with van der Waals surface area (Å²) in [6.45, 7) is 1.86. The highest BCUT2D eigenvalue weighted by Crippen LogP contribution is 2.30. The second-order valence-electron chi connectivity index (χ2n) is 5.56. The molecule has 1 aliphatic rings. The molecule has 3 rings (SSSR count). The fraction of sp³-hybridized carbons (Fsp3) is 0.375. The minimum atomic E-state index is -0.219. The first-order valence-electron chi connectivity index (χ1n) is 7.14. The van der Waals surface area contributed by atoms with Gasteiger partial charge in [0.25, 0.3) is 5.91 Å². The Bertz CT molecular complexity index is 693. The summed E-state index contributed by atoms with van der Waals surface area (Å²) in [5, 5.41) is 7.23. The smallest absolute Gasteiger partial charge is 0.270 e. The Morgan fingerprint density at radius 3 is 2.95 bits per heavy atom. The first kappa shape index (κ1) is 13.8. The average molecular weight is 287 g/mol. The number of fused-ring (bicyclic) bond motifs is 1. The molecule has 0 saturated carbocycles. The predicted molar refractivity (Wildman–Crippen MR) is 77.5 cm³/mol. The maximum absolute atomic E-state index is 13.3. The Balaban J connectivity index is 1.83. The van der Waals surface area contributed by atoms with Gasteiger partial charge in [0, 0.05) is 7.05 Å². The minimum absolute atomic E-state index is 0.0583. The molecular formula is C16H18FN3O. The first-order valence-corrected chi connectivity index (χ1v) is 7.14. The maximum atomic E-state index is 13.3. The molecule has 110 valence electrons. The number of halogens is 1. The first-order chi connectivity index (χ1) is 10.0. The lowest BCUT2D eigenvalue weighted by atomic mass is 9.87. The SMILES string of the molecule is Cc1cc(C(=O)N[C@@H]2CCCc3cc(F)ccc32)n(C)n1. The largest absolute Gasteiger partial charge is 0.344 e. The lowest BCUT2D eigenvalue weighted by Crippen LogP contribution is -2.32. The highest BCUT2D eigenvalue weighted by Gasteiger charge is 2.23. The van der Waals surface area contributed by atoms with Crippen molar-refractivity contribution in [2.75, 3.05) is 0 Å². The summed E-state index contributed by atoms with van der Waals surface area (Å²) in [5.74, 6) is -0.358. The monoisotopic (exact) mass is 287 g/mol. The van der Waals surface area contributed by atoms with E-state index in [1.165, 1.54) is 6.07 Å². The summed E-state index contributed by atoms with van der Waals surface area (Å²) < 4.78 is 14.9. The molecular weight excluding hydrogens is 269 g/mol. The van der Waals surface area contributed by atoms with E-state index >= 15 is 0 Å². The Hall–Kier alpha value is -2.17. The van der Waals surface area contributed by atoms with Gasteiger partial charge in [-0.15, -0.1) is 0 Å². The summed E-state index contributed by atoms with van der Waals surface area (Å²) in [7, 11) is 1.76. The van der Waals surface area contributed by atoms with E-state index in [2.05, 4.69) is 10.4 Å². The van der Waals surface area contributed by atoms with Crippen molar-refractivity contribution in [3.63, 3.8) is 0 Å². The number of hydrogen-bond acceptors (Lipinski definition) is 2. The van der Waals surface area contributed by atoms with Crippen molar-refractivity contribution < 1.29 is 9.18 Å². The van der Waals surface area contributed by atoms with Gasteiger partial charge in [-0.05, 0) is 55.5 Å². The van der Waals surface area contributed by atoms with Crippen LogP contribution in [0, 0.1) is 12.7 Å². The van der Waals surface area contributed by atoms with E-state index in [1.54, 1.807) is 29.9 Å².